The molecule has 0 saturated carbocycles. The number of likely N-dealkylation sites (tertiary alicyclic amines) is 1. The molecule has 7 heteroatoms. The maximum Gasteiger partial charge on any atom is 0.410 e. The smallest absolute Gasteiger partial charge is 0.410 e. The Kier molecular flexibility index (Phi) is 5.44. The van der Waals surface area contributed by atoms with Gasteiger partial charge in [-0.2, -0.15) is 0 Å². The van der Waals surface area contributed by atoms with E-state index < -0.39 is 27.2 Å². The number of hydrogen-bond donors (Lipinski definition) is 1. The van der Waals surface area contributed by atoms with E-state index in [1.54, 1.807) is 4.90 Å². The van der Waals surface area contributed by atoms with Gasteiger partial charge in [0.1, 0.15) is 27.4 Å². The highest BCUT2D eigenvalue weighted by Crippen LogP contribution is 2.40. The monoisotopic (exact) mass is 405 g/mol. The largest absolute Gasteiger partial charge is 0.591 e. The fourth-order valence-electron chi connectivity index (χ4n) is 3.49. The second-order valence-corrected chi connectivity index (χ2v) is 11.4. The van der Waals surface area contributed by atoms with Crippen LogP contribution in [0.3, 0.4) is 0 Å². The maximum atomic E-state index is 12.8. The van der Waals surface area contributed by atoms with Crippen LogP contribution in [0.15, 0.2) is 28.7 Å². The van der Waals surface area contributed by atoms with Crippen LogP contribution >= 0.6 is 0 Å². The van der Waals surface area contributed by atoms with Crippen molar-refractivity contribution in [1.29, 1.82) is 0 Å². The van der Waals surface area contributed by atoms with Gasteiger partial charge in [0.15, 0.2) is 0 Å². The number of nitrogens with one attached hydrogen (secondary N) is 1. The van der Waals surface area contributed by atoms with E-state index in [1.165, 1.54) is 0 Å². The van der Waals surface area contributed by atoms with Gasteiger partial charge in [-0.25, -0.2) is 4.79 Å². The van der Waals surface area contributed by atoms with Crippen molar-refractivity contribution in [3.05, 3.63) is 29.8 Å². The minimum atomic E-state index is -1.35. The Morgan fingerprint density at radius 3 is 2.36 bits per heavy atom. The van der Waals surface area contributed by atoms with Crippen molar-refractivity contribution in [3.63, 3.8) is 0 Å². The molecule has 0 aromatic heterocycles. The minimum absolute atomic E-state index is 0.283. The summed E-state index contributed by atoms with van der Waals surface area (Å²) in [6, 6.07) is 8.01. The third-order valence-electron chi connectivity index (χ3n) is 4.98. The number of fused-ring (bicyclic) bond motifs is 1. The first-order valence-corrected chi connectivity index (χ1v) is 10.9. The lowest BCUT2D eigenvalue weighted by Gasteiger charge is -2.40. The SMILES string of the molecule is CC(C)(C)OC(=O)N1CCC2(CC1)Nc1ccccc1C2=N[S+]([O-])C(C)(C)C. The van der Waals surface area contributed by atoms with Crippen LogP contribution in [0.5, 0.6) is 0 Å². The fourth-order valence-corrected chi connectivity index (χ4v) is 4.20. The van der Waals surface area contributed by atoms with E-state index in [0.717, 1.165) is 17.0 Å². The molecular formula is C21H31N3O3S. The fraction of sp³-hybridized carbons (Fsp3) is 0.619. The normalized spacial score (nSPS) is 21.4. The molecule has 0 bridgehead atoms. The van der Waals surface area contributed by atoms with E-state index in [1.807, 2.05) is 65.8 Å². The molecule has 2 aliphatic heterocycles. The minimum Gasteiger partial charge on any atom is -0.591 e. The lowest BCUT2D eigenvalue weighted by molar-refractivity contribution is 0.0198. The van der Waals surface area contributed by atoms with Gasteiger partial charge in [-0.1, -0.05) is 22.6 Å². The van der Waals surface area contributed by atoms with Gasteiger partial charge in [0.05, 0.1) is 5.54 Å². The van der Waals surface area contributed by atoms with Gasteiger partial charge in [0.2, 0.25) is 0 Å². The summed E-state index contributed by atoms with van der Waals surface area (Å²) in [5, 5.41) is 3.62. The number of rotatable bonds is 1. The molecule has 1 atom stereocenters. The van der Waals surface area contributed by atoms with Gasteiger partial charge in [-0.05, 0) is 60.5 Å². The third-order valence-corrected chi connectivity index (χ3v) is 6.37. The van der Waals surface area contributed by atoms with Gasteiger partial charge in [0, 0.05) is 24.3 Å². The van der Waals surface area contributed by atoms with Crippen LogP contribution < -0.4 is 5.32 Å². The molecular weight excluding hydrogens is 374 g/mol. The summed E-state index contributed by atoms with van der Waals surface area (Å²) >= 11 is -1.35. The van der Waals surface area contributed by atoms with Crippen molar-refractivity contribution in [2.24, 2.45) is 4.40 Å². The molecule has 28 heavy (non-hydrogen) atoms. The Balaban J connectivity index is 1.85. The summed E-state index contributed by atoms with van der Waals surface area (Å²) in [5.41, 5.74) is 1.96. The van der Waals surface area contributed by atoms with Crippen molar-refractivity contribution in [2.75, 3.05) is 18.4 Å². The zero-order valence-electron chi connectivity index (χ0n) is 17.7. The molecule has 1 saturated heterocycles. The quantitative estimate of drug-likeness (QED) is 0.713. The summed E-state index contributed by atoms with van der Waals surface area (Å²) in [7, 11) is 0. The van der Waals surface area contributed by atoms with Crippen LogP contribution in [0.25, 0.3) is 0 Å². The Labute approximate surface area is 171 Å². The van der Waals surface area contributed by atoms with E-state index in [-0.39, 0.29) is 6.09 Å². The number of carbonyl (C=O) groups is 1. The van der Waals surface area contributed by atoms with Gasteiger partial charge in [-0.15, -0.1) is 0 Å². The number of para-hydroxylation sites is 1. The summed E-state index contributed by atoms with van der Waals surface area (Å²) in [4.78, 5) is 14.2. The molecule has 154 valence electrons. The molecule has 1 fully saturated rings. The Morgan fingerprint density at radius 1 is 1.18 bits per heavy atom. The highest BCUT2D eigenvalue weighted by atomic mass is 32.2. The number of nitrogens with zero attached hydrogens (tertiary/aromatic N) is 2. The van der Waals surface area contributed by atoms with Crippen molar-refractivity contribution >= 4 is 28.9 Å². The summed E-state index contributed by atoms with van der Waals surface area (Å²) in [5.74, 6) is 0. The zero-order valence-corrected chi connectivity index (χ0v) is 18.5. The number of piperidine rings is 1. The first kappa shape index (κ1) is 21.0. The second-order valence-electron chi connectivity index (χ2n) is 9.52. The number of anilines is 1. The van der Waals surface area contributed by atoms with E-state index >= 15 is 0 Å². The van der Waals surface area contributed by atoms with E-state index in [9.17, 15) is 9.35 Å². The van der Waals surface area contributed by atoms with E-state index in [0.29, 0.717) is 25.9 Å². The third kappa shape index (κ3) is 4.30. The highest BCUT2D eigenvalue weighted by Gasteiger charge is 2.48. The van der Waals surface area contributed by atoms with E-state index in [4.69, 9.17) is 4.74 Å². The number of benzene rings is 1. The van der Waals surface area contributed by atoms with E-state index in [2.05, 4.69) is 9.71 Å². The second kappa shape index (κ2) is 7.26. The molecule has 1 N–H and O–H groups in total. The predicted molar refractivity (Wildman–Crippen MR) is 114 cm³/mol. The zero-order chi connectivity index (χ0) is 20.7. The molecule has 1 aromatic carbocycles. The Morgan fingerprint density at radius 2 is 1.79 bits per heavy atom. The standard InChI is InChI=1S/C21H31N3O3S/c1-19(2,3)27-18(25)24-13-11-21(12-14-24)17(23-28(26)20(4,5)6)15-9-7-8-10-16(15)22-21/h7-10,22H,11-14H2,1-6H3. The summed E-state index contributed by atoms with van der Waals surface area (Å²) < 4.78 is 22.6. The first-order valence-electron chi connectivity index (χ1n) is 9.78. The van der Waals surface area contributed by atoms with Crippen LogP contribution in [0.4, 0.5) is 10.5 Å². The molecule has 0 radical (unpaired) electrons. The molecule has 6 nitrogen and oxygen atoms in total. The predicted octanol–water partition coefficient (Wildman–Crippen LogP) is 4.13. The number of ether oxygens (including phenoxy) is 1. The van der Waals surface area contributed by atoms with Gasteiger partial charge in [0.25, 0.3) is 0 Å². The molecule has 2 heterocycles. The van der Waals surface area contributed by atoms with Gasteiger partial charge < -0.3 is 19.5 Å². The average molecular weight is 406 g/mol. The number of carbonyl (C=O) groups excluding carboxylic acids is 1. The van der Waals surface area contributed by atoms with Crippen LogP contribution in [0.1, 0.15) is 59.9 Å². The highest BCUT2D eigenvalue weighted by molar-refractivity contribution is 7.91. The van der Waals surface area contributed by atoms with Crippen LogP contribution in [0, 0.1) is 0 Å². The molecule has 2 aliphatic rings. The molecule has 1 spiro atoms. The average Bonchev–Trinajstić information content (AvgIpc) is 2.86. The Hall–Kier alpha value is -1.73. The molecule has 3 rings (SSSR count). The van der Waals surface area contributed by atoms with Crippen molar-refractivity contribution in [2.45, 2.75) is 70.3 Å². The first-order chi connectivity index (χ1) is 12.9. The van der Waals surface area contributed by atoms with Crippen molar-refractivity contribution in [1.82, 2.24) is 4.90 Å². The summed E-state index contributed by atoms with van der Waals surface area (Å²) in [6.07, 6.45) is 1.11. The summed E-state index contributed by atoms with van der Waals surface area (Å²) in [6.45, 7) is 12.5. The van der Waals surface area contributed by atoms with Gasteiger partial charge >= 0.3 is 6.09 Å². The molecule has 0 aliphatic carbocycles. The van der Waals surface area contributed by atoms with Crippen molar-refractivity contribution in [3.8, 4) is 0 Å². The van der Waals surface area contributed by atoms with Crippen LogP contribution in [-0.4, -0.2) is 50.2 Å². The maximum absolute atomic E-state index is 12.8. The number of hydrogen-bond acceptors (Lipinski definition) is 5. The molecule has 1 amide bonds. The Bertz CT molecular complexity index is 772. The van der Waals surface area contributed by atoms with Crippen LogP contribution in [0.2, 0.25) is 0 Å². The lowest BCUT2D eigenvalue weighted by atomic mass is 9.83. The van der Waals surface area contributed by atoms with Crippen LogP contribution in [-0.2, 0) is 16.1 Å². The number of amides is 1. The molecule has 1 unspecified atom stereocenters. The van der Waals surface area contributed by atoms with Crippen molar-refractivity contribution < 1.29 is 14.1 Å². The molecule has 1 aromatic rings. The topological polar surface area (TPSA) is 77.0 Å². The lowest BCUT2D eigenvalue weighted by Crippen LogP contribution is -2.54. The van der Waals surface area contributed by atoms with Gasteiger partial charge in [-0.3, -0.25) is 0 Å².